The van der Waals surface area contributed by atoms with Crippen molar-refractivity contribution in [1.29, 1.82) is 0 Å². The van der Waals surface area contributed by atoms with E-state index in [2.05, 4.69) is 34.9 Å². The molecule has 1 fully saturated rings. The van der Waals surface area contributed by atoms with Crippen LogP contribution in [0.1, 0.15) is 38.8 Å². The summed E-state index contributed by atoms with van der Waals surface area (Å²) in [6, 6.07) is 3.25. The van der Waals surface area contributed by atoms with Gasteiger partial charge < -0.3 is 0 Å². The predicted molar refractivity (Wildman–Crippen MR) is 71.3 cm³/mol. The Hall–Kier alpha value is -1.42. The third-order valence-corrected chi connectivity index (χ3v) is 4.01. The Bertz CT molecular complexity index is 490. The highest BCUT2D eigenvalue weighted by molar-refractivity contribution is 5.29. The lowest BCUT2D eigenvalue weighted by Gasteiger charge is -2.38. The van der Waals surface area contributed by atoms with Crippen molar-refractivity contribution >= 4 is 5.78 Å². The fourth-order valence-electron chi connectivity index (χ4n) is 2.93. The lowest BCUT2D eigenvalue weighted by Crippen LogP contribution is -2.43. The van der Waals surface area contributed by atoms with Gasteiger partial charge in [-0.25, -0.2) is 9.97 Å². The number of fused-ring (bicyclic) bond motifs is 1. The molecule has 96 valence electrons. The van der Waals surface area contributed by atoms with Gasteiger partial charge in [-0.15, -0.1) is 0 Å². The standard InChI is InChI=1S/C14H20N4/c1-11-5-3-6-12(2)18(11)10-13-9-17-8-4-7-15-14(17)16-13/h4,7-9,11-12H,3,5-6,10H2,1-2H3/t11-,12-/m1/s1. The maximum Gasteiger partial charge on any atom is 0.233 e. The lowest BCUT2D eigenvalue weighted by molar-refractivity contribution is 0.0940. The van der Waals surface area contributed by atoms with Gasteiger partial charge in [0, 0.05) is 37.2 Å². The Morgan fingerprint density at radius 1 is 1.28 bits per heavy atom. The molecule has 4 heteroatoms. The van der Waals surface area contributed by atoms with Gasteiger partial charge in [0.25, 0.3) is 0 Å². The first-order chi connectivity index (χ1) is 8.74. The maximum absolute atomic E-state index is 4.59. The van der Waals surface area contributed by atoms with Crippen LogP contribution in [0.4, 0.5) is 0 Å². The number of hydrogen-bond donors (Lipinski definition) is 0. The molecular weight excluding hydrogens is 224 g/mol. The second-order valence-corrected chi connectivity index (χ2v) is 5.36. The molecule has 18 heavy (non-hydrogen) atoms. The second kappa shape index (κ2) is 4.69. The van der Waals surface area contributed by atoms with Gasteiger partial charge >= 0.3 is 0 Å². The Morgan fingerprint density at radius 3 is 2.78 bits per heavy atom. The minimum absolute atomic E-state index is 0.659. The van der Waals surface area contributed by atoms with E-state index in [0.717, 1.165) is 18.0 Å². The molecule has 0 saturated carbocycles. The molecule has 1 aliphatic rings. The molecule has 3 heterocycles. The summed E-state index contributed by atoms with van der Waals surface area (Å²) >= 11 is 0. The van der Waals surface area contributed by atoms with Crippen molar-refractivity contribution in [2.24, 2.45) is 0 Å². The van der Waals surface area contributed by atoms with E-state index in [1.807, 2.05) is 16.7 Å². The van der Waals surface area contributed by atoms with Gasteiger partial charge in [-0.2, -0.15) is 0 Å². The number of likely N-dealkylation sites (tertiary alicyclic amines) is 1. The highest BCUT2D eigenvalue weighted by Gasteiger charge is 2.25. The number of rotatable bonds is 2. The van der Waals surface area contributed by atoms with E-state index in [9.17, 15) is 0 Å². The Balaban J connectivity index is 1.82. The normalized spacial score (nSPS) is 25.7. The smallest absolute Gasteiger partial charge is 0.233 e. The fraction of sp³-hybridized carbons (Fsp3) is 0.571. The van der Waals surface area contributed by atoms with Crippen LogP contribution in [0.2, 0.25) is 0 Å². The quantitative estimate of drug-likeness (QED) is 0.814. The highest BCUT2D eigenvalue weighted by atomic mass is 15.2. The van der Waals surface area contributed by atoms with E-state index in [4.69, 9.17) is 0 Å². The lowest BCUT2D eigenvalue weighted by atomic mass is 9.97. The summed E-state index contributed by atoms with van der Waals surface area (Å²) in [5.41, 5.74) is 1.12. The molecule has 0 aliphatic carbocycles. The molecule has 2 aromatic rings. The van der Waals surface area contributed by atoms with Crippen molar-refractivity contribution in [1.82, 2.24) is 19.3 Å². The van der Waals surface area contributed by atoms with Gasteiger partial charge in [0.2, 0.25) is 5.78 Å². The van der Waals surface area contributed by atoms with Crippen molar-refractivity contribution in [3.63, 3.8) is 0 Å². The zero-order valence-corrected chi connectivity index (χ0v) is 11.1. The summed E-state index contributed by atoms with van der Waals surface area (Å²) in [5.74, 6) is 0.796. The highest BCUT2D eigenvalue weighted by Crippen LogP contribution is 2.24. The zero-order chi connectivity index (χ0) is 12.5. The van der Waals surface area contributed by atoms with E-state index in [0.29, 0.717) is 12.1 Å². The minimum atomic E-state index is 0.659. The molecular formula is C14H20N4. The van der Waals surface area contributed by atoms with Crippen LogP contribution in [0.25, 0.3) is 5.78 Å². The largest absolute Gasteiger partial charge is 0.292 e. The van der Waals surface area contributed by atoms with Crippen LogP contribution in [0.5, 0.6) is 0 Å². The van der Waals surface area contributed by atoms with Crippen LogP contribution in [0.3, 0.4) is 0 Å². The van der Waals surface area contributed by atoms with E-state index in [-0.39, 0.29) is 0 Å². The van der Waals surface area contributed by atoms with Crippen LogP contribution in [-0.4, -0.2) is 31.4 Å². The second-order valence-electron chi connectivity index (χ2n) is 5.36. The minimum Gasteiger partial charge on any atom is -0.292 e. The van der Waals surface area contributed by atoms with Gasteiger partial charge in [0.15, 0.2) is 0 Å². The van der Waals surface area contributed by atoms with Gasteiger partial charge in [0.1, 0.15) is 0 Å². The van der Waals surface area contributed by atoms with Crippen LogP contribution >= 0.6 is 0 Å². The maximum atomic E-state index is 4.59. The van der Waals surface area contributed by atoms with E-state index in [1.165, 1.54) is 19.3 Å². The molecule has 3 rings (SSSR count). The molecule has 2 aromatic heterocycles. The monoisotopic (exact) mass is 244 g/mol. The van der Waals surface area contributed by atoms with Crippen LogP contribution in [0, 0.1) is 0 Å². The van der Waals surface area contributed by atoms with Gasteiger partial charge in [-0.1, -0.05) is 6.42 Å². The molecule has 2 atom stereocenters. The summed E-state index contributed by atoms with van der Waals surface area (Å²) in [6.45, 7) is 5.58. The molecule has 1 saturated heterocycles. The number of nitrogens with zero attached hydrogens (tertiary/aromatic N) is 4. The molecule has 0 spiro atoms. The van der Waals surface area contributed by atoms with Crippen LogP contribution in [-0.2, 0) is 6.54 Å². The van der Waals surface area contributed by atoms with Crippen molar-refractivity contribution in [3.05, 3.63) is 30.4 Å². The molecule has 0 bridgehead atoms. The third kappa shape index (κ3) is 2.12. The van der Waals surface area contributed by atoms with E-state index < -0.39 is 0 Å². The number of imidazole rings is 1. The summed E-state index contributed by atoms with van der Waals surface area (Å²) in [4.78, 5) is 11.4. The molecule has 4 nitrogen and oxygen atoms in total. The first-order valence-corrected chi connectivity index (χ1v) is 6.78. The Morgan fingerprint density at radius 2 is 2.06 bits per heavy atom. The van der Waals surface area contributed by atoms with Crippen molar-refractivity contribution in [3.8, 4) is 0 Å². The first-order valence-electron chi connectivity index (χ1n) is 6.78. The molecule has 0 unspecified atom stereocenters. The van der Waals surface area contributed by atoms with Gasteiger partial charge in [0.05, 0.1) is 5.69 Å². The van der Waals surface area contributed by atoms with Crippen LogP contribution < -0.4 is 0 Å². The average molecular weight is 244 g/mol. The number of piperidine rings is 1. The molecule has 0 amide bonds. The molecule has 0 aromatic carbocycles. The van der Waals surface area contributed by atoms with Gasteiger partial charge in [-0.3, -0.25) is 9.30 Å². The molecule has 0 N–H and O–H groups in total. The van der Waals surface area contributed by atoms with Gasteiger partial charge in [-0.05, 0) is 32.8 Å². The Kier molecular flexibility index (Phi) is 3.04. The molecule has 1 aliphatic heterocycles. The third-order valence-electron chi connectivity index (χ3n) is 4.01. The fourth-order valence-corrected chi connectivity index (χ4v) is 2.93. The first kappa shape index (κ1) is 11.7. The van der Waals surface area contributed by atoms with Crippen molar-refractivity contribution < 1.29 is 0 Å². The summed E-state index contributed by atoms with van der Waals surface area (Å²) in [7, 11) is 0. The molecule has 0 radical (unpaired) electrons. The zero-order valence-electron chi connectivity index (χ0n) is 11.1. The number of hydrogen-bond acceptors (Lipinski definition) is 3. The summed E-state index contributed by atoms with van der Waals surface area (Å²) in [6.07, 6.45) is 9.84. The average Bonchev–Trinajstić information content (AvgIpc) is 2.76. The van der Waals surface area contributed by atoms with Crippen molar-refractivity contribution in [2.75, 3.05) is 0 Å². The topological polar surface area (TPSA) is 33.4 Å². The van der Waals surface area contributed by atoms with Crippen molar-refractivity contribution in [2.45, 2.75) is 51.7 Å². The predicted octanol–water partition coefficient (Wildman–Crippen LogP) is 2.49. The Labute approximate surface area is 108 Å². The van der Waals surface area contributed by atoms with E-state index >= 15 is 0 Å². The SMILES string of the molecule is C[C@@H]1CCC[C@@H](C)N1Cc1cn2cccnc2n1. The number of aromatic nitrogens is 3. The van der Waals surface area contributed by atoms with E-state index in [1.54, 1.807) is 6.20 Å². The summed E-state index contributed by atoms with van der Waals surface area (Å²) in [5, 5.41) is 0. The van der Waals surface area contributed by atoms with Crippen LogP contribution in [0.15, 0.2) is 24.7 Å². The summed E-state index contributed by atoms with van der Waals surface area (Å²) < 4.78 is 1.99.